The number of nitrogens with zero attached hydrogens (tertiary/aromatic N) is 2. The van der Waals surface area contributed by atoms with Gasteiger partial charge in [-0.15, -0.1) is 0 Å². The maximum Gasteiger partial charge on any atom is 0.321 e. The number of hydrogen-bond acceptors (Lipinski definition) is 4. The lowest BCUT2D eigenvalue weighted by Gasteiger charge is -2.57. The minimum absolute atomic E-state index is 0.0656. The molecule has 2 saturated heterocycles. The van der Waals surface area contributed by atoms with Crippen molar-refractivity contribution >= 4 is 11.7 Å². The molecule has 190 valence electrons. The number of aliphatic hydroxyl groups is 1. The normalized spacial score (nSPS) is 21.4. The number of methoxy groups -OCH3 is 1. The van der Waals surface area contributed by atoms with Gasteiger partial charge in [-0.05, 0) is 73.5 Å². The van der Waals surface area contributed by atoms with Gasteiger partial charge in [0, 0.05) is 47.9 Å². The Hall–Kier alpha value is -3.79. The standard InChI is InChI=1S/C31H33N3O3/c1-37-27-17-15-26(16-18-27)32-31(36)33-19-5-6-20-34-28(21-33)30(29(34)22-35)25-13-11-24(12-14-25)10-9-23-7-3-2-4-8-23/h2-4,7-8,11-18,28-30,35H,5-6,19-22H2,1H3,(H,32,36)/t28-,29+,30?/m0/s1. The maximum absolute atomic E-state index is 13.2. The molecule has 1 unspecified atom stereocenters. The molecule has 2 aliphatic rings. The van der Waals surface area contributed by atoms with E-state index < -0.39 is 0 Å². The van der Waals surface area contributed by atoms with E-state index in [-0.39, 0.29) is 30.6 Å². The molecule has 2 fully saturated rings. The molecule has 0 aliphatic carbocycles. The molecule has 2 aliphatic heterocycles. The second-order valence-electron chi connectivity index (χ2n) is 9.63. The molecular weight excluding hydrogens is 462 g/mol. The summed E-state index contributed by atoms with van der Waals surface area (Å²) in [5.41, 5.74) is 3.88. The third kappa shape index (κ3) is 5.64. The Morgan fingerprint density at radius 2 is 1.62 bits per heavy atom. The molecule has 6 nitrogen and oxygen atoms in total. The van der Waals surface area contributed by atoms with E-state index in [9.17, 15) is 9.90 Å². The zero-order valence-electron chi connectivity index (χ0n) is 21.1. The second-order valence-corrected chi connectivity index (χ2v) is 9.63. The van der Waals surface area contributed by atoms with Crippen molar-refractivity contribution in [1.82, 2.24) is 9.80 Å². The first-order valence-corrected chi connectivity index (χ1v) is 12.9. The lowest BCUT2D eigenvalue weighted by Crippen LogP contribution is -2.68. The molecule has 3 aromatic rings. The summed E-state index contributed by atoms with van der Waals surface area (Å²) < 4.78 is 5.21. The zero-order chi connectivity index (χ0) is 25.6. The van der Waals surface area contributed by atoms with E-state index in [0.29, 0.717) is 6.54 Å². The number of anilines is 1. The summed E-state index contributed by atoms with van der Waals surface area (Å²) in [7, 11) is 1.62. The fraction of sp³-hybridized carbons (Fsp3) is 0.323. The molecule has 2 heterocycles. The fourth-order valence-electron chi connectivity index (χ4n) is 5.46. The van der Waals surface area contributed by atoms with Crippen molar-refractivity contribution < 1.29 is 14.6 Å². The predicted molar refractivity (Wildman–Crippen MR) is 146 cm³/mol. The number of carbonyl (C=O) groups is 1. The fourth-order valence-corrected chi connectivity index (χ4v) is 5.46. The number of rotatable bonds is 4. The van der Waals surface area contributed by atoms with Crippen LogP contribution >= 0.6 is 0 Å². The molecule has 0 saturated carbocycles. The maximum atomic E-state index is 13.2. The van der Waals surface area contributed by atoms with Crippen LogP contribution in [0.15, 0.2) is 78.9 Å². The Bertz CT molecular complexity index is 1250. The number of fused-ring (bicyclic) bond motifs is 1. The number of aliphatic hydroxyl groups excluding tert-OH is 1. The molecule has 0 radical (unpaired) electrons. The molecule has 0 aromatic heterocycles. The van der Waals surface area contributed by atoms with Crippen molar-refractivity contribution in [3.63, 3.8) is 0 Å². The van der Waals surface area contributed by atoms with Crippen molar-refractivity contribution in [2.45, 2.75) is 30.8 Å². The van der Waals surface area contributed by atoms with Gasteiger partial charge in [0.15, 0.2) is 0 Å². The smallest absolute Gasteiger partial charge is 0.321 e. The number of benzene rings is 3. The molecule has 0 spiro atoms. The molecule has 6 heteroatoms. The average molecular weight is 496 g/mol. The molecule has 2 N–H and O–H groups in total. The zero-order valence-corrected chi connectivity index (χ0v) is 21.1. The Labute approximate surface area is 218 Å². The van der Waals surface area contributed by atoms with E-state index >= 15 is 0 Å². The van der Waals surface area contributed by atoms with Gasteiger partial charge in [0.25, 0.3) is 0 Å². The van der Waals surface area contributed by atoms with E-state index in [0.717, 1.165) is 48.5 Å². The van der Waals surface area contributed by atoms with Gasteiger partial charge in [0.1, 0.15) is 5.75 Å². The average Bonchev–Trinajstić information content (AvgIpc) is 2.92. The number of amides is 2. The molecule has 2 amide bonds. The van der Waals surface area contributed by atoms with Crippen LogP contribution in [0.2, 0.25) is 0 Å². The van der Waals surface area contributed by atoms with Gasteiger partial charge in [0.2, 0.25) is 0 Å². The van der Waals surface area contributed by atoms with Gasteiger partial charge in [-0.1, -0.05) is 42.2 Å². The number of carbonyl (C=O) groups excluding carboxylic acids is 1. The van der Waals surface area contributed by atoms with Crippen LogP contribution in [0.1, 0.15) is 35.4 Å². The Balaban J connectivity index is 1.30. The molecular formula is C31H33N3O3. The van der Waals surface area contributed by atoms with Gasteiger partial charge < -0.3 is 20.1 Å². The van der Waals surface area contributed by atoms with E-state index in [2.05, 4.69) is 46.3 Å². The van der Waals surface area contributed by atoms with Gasteiger partial charge in [0.05, 0.1) is 13.7 Å². The van der Waals surface area contributed by atoms with Crippen molar-refractivity contribution in [1.29, 1.82) is 0 Å². The highest BCUT2D eigenvalue weighted by Crippen LogP contribution is 2.42. The summed E-state index contributed by atoms with van der Waals surface area (Å²) in [4.78, 5) is 17.5. The third-order valence-corrected chi connectivity index (χ3v) is 7.42. The topological polar surface area (TPSA) is 65.0 Å². The van der Waals surface area contributed by atoms with Crippen LogP contribution in [0.4, 0.5) is 10.5 Å². The SMILES string of the molecule is COc1ccc(NC(=O)N2CCCCN3[C@H](CO)C(c4ccc(C#Cc5ccccc5)cc4)[C@@H]3C2)cc1. The van der Waals surface area contributed by atoms with E-state index in [4.69, 9.17) is 4.74 Å². The molecule has 5 rings (SSSR count). The van der Waals surface area contributed by atoms with Crippen LogP contribution < -0.4 is 10.1 Å². The van der Waals surface area contributed by atoms with E-state index in [1.165, 1.54) is 5.56 Å². The van der Waals surface area contributed by atoms with Crippen molar-refractivity contribution in [2.24, 2.45) is 0 Å². The molecule has 3 aromatic carbocycles. The summed E-state index contributed by atoms with van der Waals surface area (Å²) in [6.07, 6.45) is 1.94. The number of urea groups is 1. The van der Waals surface area contributed by atoms with Crippen LogP contribution in [0.3, 0.4) is 0 Å². The summed E-state index contributed by atoms with van der Waals surface area (Å²) in [5, 5.41) is 13.3. The van der Waals surface area contributed by atoms with Crippen molar-refractivity contribution in [3.8, 4) is 17.6 Å². The Morgan fingerprint density at radius 3 is 2.30 bits per heavy atom. The first-order chi connectivity index (χ1) is 18.2. The predicted octanol–water partition coefficient (Wildman–Crippen LogP) is 4.55. The van der Waals surface area contributed by atoms with Crippen LogP contribution in [0.5, 0.6) is 5.75 Å². The lowest BCUT2D eigenvalue weighted by molar-refractivity contribution is -0.0585. The minimum atomic E-state index is -0.0928. The second kappa shape index (κ2) is 11.5. The monoisotopic (exact) mass is 495 g/mol. The lowest BCUT2D eigenvalue weighted by atomic mass is 9.74. The van der Waals surface area contributed by atoms with E-state index in [1.54, 1.807) is 7.11 Å². The van der Waals surface area contributed by atoms with Crippen LogP contribution in [-0.4, -0.2) is 66.4 Å². The molecule has 0 bridgehead atoms. The van der Waals surface area contributed by atoms with Gasteiger partial charge in [-0.25, -0.2) is 4.79 Å². The molecule has 3 atom stereocenters. The third-order valence-electron chi connectivity index (χ3n) is 7.42. The number of nitrogens with one attached hydrogen (secondary N) is 1. The first kappa shape index (κ1) is 24.9. The van der Waals surface area contributed by atoms with Crippen LogP contribution in [0, 0.1) is 11.8 Å². The van der Waals surface area contributed by atoms with Crippen molar-refractivity contribution in [2.75, 3.05) is 38.7 Å². The summed E-state index contributed by atoms with van der Waals surface area (Å²) in [6.45, 7) is 2.39. The minimum Gasteiger partial charge on any atom is -0.497 e. The Kier molecular flexibility index (Phi) is 7.74. The van der Waals surface area contributed by atoms with Gasteiger partial charge in [-0.3, -0.25) is 4.90 Å². The highest BCUT2D eigenvalue weighted by atomic mass is 16.5. The number of ether oxygens (including phenoxy) is 1. The van der Waals surface area contributed by atoms with Crippen molar-refractivity contribution in [3.05, 3.63) is 95.6 Å². The largest absolute Gasteiger partial charge is 0.497 e. The highest BCUT2D eigenvalue weighted by Gasteiger charge is 2.49. The van der Waals surface area contributed by atoms with Crippen LogP contribution in [-0.2, 0) is 0 Å². The quantitative estimate of drug-likeness (QED) is 0.521. The van der Waals surface area contributed by atoms with Gasteiger partial charge in [-0.2, -0.15) is 0 Å². The summed E-state index contributed by atoms with van der Waals surface area (Å²) >= 11 is 0. The van der Waals surface area contributed by atoms with Gasteiger partial charge >= 0.3 is 6.03 Å². The summed E-state index contributed by atoms with van der Waals surface area (Å²) in [6, 6.07) is 25.8. The van der Waals surface area contributed by atoms with E-state index in [1.807, 2.05) is 59.5 Å². The molecule has 37 heavy (non-hydrogen) atoms. The first-order valence-electron chi connectivity index (χ1n) is 12.9. The number of hydrogen-bond donors (Lipinski definition) is 2. The Morgan fingerprint density at radius 1 is 0.946 bits per heavy atom. The highest BCUT2D eigenvalue weighted by molar-refractivity contribution is 5.89. The summed E-state index contributed by atoms with van der Waals surface area (Å²) in [5.74, 6) is 7.36. The van der Waals surface area contributed by atoms with Crippen LogP contribution in [0.25, 0.3) is 0 Å².